The quantitative estimate of drug-likeness (QED) is 0.490. The van der Waals surface area contributed by atoms with E-state index in [4.69, 9.17) is 9.47 Å². The summed E-state index contributed by atoms with van der Waals surface area (Å²) in [6.45, 7) is 3.81. The minimum absolute atomic E-state index is 0.479. The van der Waals surface area contributed by atoms with Gasteiger partial charge >= 0.3 is 11.8 Å². The molecule has 7 nitrogen and oxygen atoms in total. The molecule has 136 valence electrons. The second kappa shape index (κ2) is 8.66. The number of benzene rings is 2. The van der Waals surface area contributed by atoms with Gasteiger partial charge in [-0.2, -0.15) is 5.10 Å². The van der Waals surface area contributed by atoms with E-state index in [1.54, 1.807) is 24.3 Å². The van der Waals surface area contributed by atoms with Gasteiger partial charge in [0, 0.05) is 11.3 Å². The maximum absolute atomic E-state index is 12.0. The smallest absolute Gasteiger partial charge is 0.329 e. The molecule has 2 aromatic carbocycles. The highest BCUT2D eigenvalue weighted by atomic mass is 16.5. The van der Waals surface area contributed by atoms with Gasteiger partial charge in [-0.1, -0.05) is 23.8 Å². The summed E-state index contributed by atoms with van der Waals surface area (Å²) in [5.74, 6) is -0.655. The third-order valence-electron chi connectivity index (χ3n) is 3.64. The summed E-state index contributed by atoms with van der Waals surface area (Å²) in [6.07, 6.45) is 1.38. The average molecular weight is 355 g/mol. The number of ether oxygens (including phenoxy) is 2. The van der Waals surface area contributed by atoms with E-state index in [1.807, 2.05) is 26.0 Å². The molecular formula is C19H21N3O4. The largest absolute Gasteiger partial charge is 0.493 e. The number of methoxy groups -OCH3 is 2. The van der Waals surface area contributed by atoms with E-state index in [1.165, 1.54) is 20.4 Å². The number of aryl methyl sites for hydroxylation is 2. The Kier molecular flexibility index (Phi) is 6.32. The van der Waals surface area contributed by atoms with Gasteiger partial charge in [-0.05, 0) is 37.6 Å². The Bertz CT molecular complexity index is 847. The van der Waals surface area contributed by atoms with Crippen molar-refractivity contribution >= 4 is 23.7 Å². The van der Waals surface area contributed by atoms with Crippen molar-refractivity contribution in [3.05, 3.63) is 53.1 Å². The molecule has 0 saturated heterocycles. The number of hydrogen-bond donors (Lipinski definition) is 2. The molecule has 0 atom stereocenters. The highest BCUT2D eigenvalue weighted by Gasteiger charge is 2.14. The first kappa shape index (κ1) is 19.0. The van der Waals surface area contributed by atoms with Crippen LogP contribution < -0.4 is 20.2 Å². The SMILES string of the molecule is COc1cccc(/C=N/NC(=O)C(=O)Nc2ccc(C)cc2C)c1OC. The van der Waals surface area contributed by atoms with E-state index in [-0.39, 0.29) is 0 Å². The zero-order valence-corrected chi connectivity index (χ0v) is 15.1. The van der Waals surface area contributed by atoms with Gasteiger partial charge in [0.05, 0.1) is 20.4 Å². The van der Waals surface area contributed by atoms with Crippen molar-refractivity contribution in [2.24, 2.45) is 5.10 Å². The fourth-order valence-electron chi connectivity index (χ4n) is 2.36. The van der Waals surface area contributed by atoms with Crippen LogP contribution in [0.4, 0.5) is 5.69 Å². The number of nitrogens with one attached hydrogen (secondary N) is 2. The second-order valence-electron chi connectivity index (χ2n) is 5.55. The predicted molar refractivity (Wildman–Crippen MR) is 99.8 cm³/mol. The first-order valence-corrected chi connectivity index (χ1v) is 7.89. The van der Waals surface area contributed by atoms with E-state index in [9.17, 15) is 9.59 Å². The summed E-state index contributed by atoms with van der Waals surface area (Å²) in [7, 11) is 3.03. The van der Waals surface area contributed by atoms with Crippen molar-refractivity contribution in [1.82, 2.24) is 5.43 Å². The molecule has 0 bridgehead atoms. The highest BCUT2D eigenvalue weighted by Crippen LogP contribution is 2.29. The maximum atomic E-state index is 12.0. The molecule has 0 unspecified atom stereocenters. The van der Waals surface area contributed by atoms with Crippen LogP contribution in [0.25, 0.3) is 0 Å². The van der Waals surface area contributed by atoms with Gasteiger partial charge in [-0.25, -0.2) is 5.43 Å². The molecule has 0 aliphatic carbocycles. The molecule has 2 N–H and O–H groups in total. The van der Waals surface area contributed by atoms with Crippen molar-refractivity contribution in [2.45, 2.75) is 13.8 Å². The molecular weight excluding hydrogens is 334 g/mol. The molecule has 0 spiro atoms. The second-order valence-corrected chi connectivity index (χ2v) is 5.55. The normalized spacial score (nSPS) is 10.5. The maximum Gasteiger partial charge on any atom is 0.329 e. The fourth-order valence-corrected chi connectivity index (χ4v) is 2.36. The number of hydrazone groups is 1. The molecule has 0 aromatic heterocycles. The predicted octanol–water partition coefficient (Wildman–Crippen LogP) is 2.41. The van der Waals surface area contributed by atoms with Crippen molar-refractivity contribution in [3.8, 4) is 11.5 Å². The number of carbonyl (C=O) groups is 2. The lowest BCUT2D eigenvalue weighted by Gasteiger charge is -2.09. The third kappa shape index (κ3) is 4.60. The zero-order valence-electron chi connectivity index (χ0n) is 15.1. The van der Waals surface area contributed by atoms with Gasteiger partial charge in [0.2, 0.25) is 0 Å². The number of rotatable bonds is 5. The molecule has 0 heterocycles. The summed E-state index contributed by atoms with van der Waals surface area (Å²) in [6, 6.07) is 10.8. The molecule has 0 aliphatic heterocycles. The Balaban J connectivity index is 2.02. The van der Waals surface area contributed by atoms with Crippen LogP contribution in [0.5, 0.6) is 11.5 Å². The summed E-state index contributed by atoms with van der Waals surface area (Å²) in [5.41, 5.74) is 5.31. The number of carbonyl (C=O) groups excluding carboxylic acids is 2. The van der Waals surface area contributed by atoms with Crippen LogP contribution in [0.2, 0.25) is 0 Å². The Morgan fingerprint density at radius 3 is 2.46 bits per heavy atom. The molecule has 7 heteroatoms. The van der Waals surface area contributed by atoms with Crippen LogP contribution in [-0.2, 0) is 9.59 Å². The molecule has 0 saturated carbocycles. The first-order chi connectivity index (χ1) is 12.5. The van der Waals surface area contributed by atoms with Crippen LogP contribution in [0, 0.1) is 13.8 Å². The molecule has 0 aliphatic rings. The number of anilines is 1. The van der Waals surface area contributed by atoms with Crippen molar-refractivity contribution < 1.29 is 19.1 Å². The Hall–Kier alpha value is -3.35. The van der Waals surface area contributed by atoms with Gasteiger partial charge < -0.3 is 14.8 Å². The van der Waals surface area contributed by atoms with E-state index >= 15 is 0 Å². The van der Waals surface area contributed by atoms with Crippen molar-refractivity contribution in [1.29, 1.82) is 0 Å². The van der Waals surface area contributed by atoms with Crippen LogP contribution in [0.15, 0.2) is 41.5 Å². The highest BCUT2D eigenvalue weighted by molar-refractivity contribution is 6.39. The molecule has 26 heavy (non-hydrogen) atoms. The van der Waals surface area contributed by atoms with Gasteiger partial charge in [-0.3, -0.25) is 9.59 Å². The lowest BCUT2D eigenvalue weighted by atomic mass is 10.1. The molecule has 2 aromatic rings. The monoisotopic (exact) mass is 355 g/mol. The first-order valence-electron chi connectivity index (χ1n) is 7.89. The van der Waals surface area contributed by atoms with Crippen molar-refractivity contribution in [2.75, 3.05) is 19.5 Å². The van der Waals surface area contributed by atoms with Crippen LogP contribution in [-0.4, -0.2) is 32.2 Å². The summed E-state index contributed by atoms with van der Waals surface area (Å²) in [4.78, 5) is 23.9. The average Bonchev–Trinajstić information content (AvgIpc) is 2.63. The van der Waals surface area contributed by atoms with Crippen LogP contribution in [0.3, 0.4) is 0 Å². The van der Waals surface area contributed by atoms with Gasteiger partial charge in [0.25, 0.3) is 0 Å². The van der Waals surface area contributed by atoms with E-state index in [0.717, 1.165) is 11.1 Å². The van der Waals surface area contributed by atoms with Gasteiger partial charge in [0.1, 0.15) is 0 Å². The van der Waals surface area contributed by atoms with E-state index in [0.29, 0.717) is 22.7 Å². The minimum atomic E-state index is -0.872. The lowest BCUT2D eigenvalue weighted by molar-refractivity contribution is -0.136. The van der Waals surface area contributed by atoms with E-state index in [2.05, 4.69) is 15.8 Å². The lowest BCUT2D eigenvalue weighted by Crippen LogP contribution is -2.32. The number of nitrogens with zero attached hydrogens (tertiary/aromatic N) is 1. The number of para-hydroxylation sites is 1. The fraction of sp³-hybridized carbons (Fsp3) is 0.211. The van der Waals surface area contributed by atoms with Crippen LogP contribution in [0.1, 0.15) is 16.7 Å². The standard InChI is InChI=1S/C19H21N3O4/c1-12-8-9-15(13(2)10-12)21-18(23)19(24)22-20-11-14-6-5-7-16(25-3)17(14)26-4/h5-11H,1-4H3,(H,21,23)(H,22,24)/b20-11+. The Morgan fingerprint density at radius 2 is 1.81 bits per heavy atom. The molecule has 0 radical (unpaired) electrons. The third-order valence-corrected chi connectivity index (χ3v) is 3.64. The summed E-state index contributed by atoms with van der Waals surface area (Å²) >= 11 is 0. The zero-order chi connectivity index (χ0) is 19.1. The number of amides is 2. The number of hydrogen-bond acceptors (Lipinski definition) is 5. The topological polar surface area (TPSA) is 89.0 Å². The Morgan fingerprint density at radius 1 is 1.04 bits per heavy atom. The summed E-state index contributed by atoms with van der Waals surface area (Å²) in [5, 5.41) is 6.36. The van der Waals surface area contributed by atoms with Gasteiger partial charge in [-0.15, -0.1) is 0 Å². The summed E-state index contributed by atoms with van der Waals surface area (Å²) < 4.78 is 10.5. The van der Waals surface area contributed by atoms with Crippen LogP contribution >= 0.6 is 0 Å². The van der Waals surface area contributed by atoms with E-state index < -0.39 is 11.8 Å². The Labute approximate surface area is 152 Å². The molecule has 2 amide bonds. The molecule has 0 fully saturated rings. The van der Waals surface area contributed by atoms with Gasteiger partial charge in [0.15, 0.2) is 11.5 Å². The molecule has 2 rings (SSSR count). The minimum Gasteiger partial charge on any atom is -0.493 e. The van der Waals surface area contributed by atoms with Crippen molar-refractivity contribution in [3.63, 3.8) is 0 Å².